The van der Waals surface area contributed by atoms with Crippen LogP contribution in [0.4, 0.5) is 5.69 Å². The van der Waals surface area contributed by atoms with Crippen molar-refractivity contribution in [1.82, 2.24) is 0 Å². The molecule has 88 valence electrons. The van der Waals surface area contributed by atoms with E-state index in [1.54, 1.807) is 4.90 Å². The van der Waals surface area contributed by atoms with Gasteiger partial charge in [0.25, 0.3) is 5.91 Å². The van der Waals surface area contributed by atoms with Gasteiger partial charge in [-0.1, -0.05) is 18.2 Å². The van der Waals surface area contributed by atoms with Crippen molar-refractivity contribution in [1.29, 1.82) is 5.26 Å². The number of hydrogen-bond donors (Lipinski definition) is 0. The van der Waals surface area contributed by atoms with Crippen LogP contribution in [0, 0.1) is 25.2 Å². The third-order valence-corrected chi connectivity index (χ3v) is 2.91. The zero-order chi connectivity index (χ0) is 12.4. The summed E-state index contributed by atoms with van der Waals surface area (Å²) >= 11 is 0. The Morgan fingerprint density at radius 1 is 1.41 bits per heavy atom. The summed E-state index contributed by atoms with van der Waals surface area (Å²) < 4.78 is 5.10. The van der Waals surface area contributed by atoms with Crippen molar-refractivity contribution in [2.45, 2.75) is 19.9 Å². The van der Waals surface area contributed by atoms with E-state index in [2.05, 4.69) is 6.07 Å². The van der Waals surface area contributed by atoms with E-state index in [9.17, 15) is 4.79 Å². The van der Waals surface area contributed by atoms with Crippen LogP contribution in [-0.4, -0.2) is 25.2 Å². The fraction of sp³-hybridized carbons (Fsp3) is 0.385. The summed E-state index contributed by atoms with van der Waals surface area (Å²) in [6.45, 7) is 4.21. The molecule has 4 heteroatoms. The van der Waals surface area contributed by atoms with Crippen molar-refractivity contribution < 1.29 is 9.53 Å². The Balaban J connectivity index is 2.49. The van der Waals surface area contributed by atoms with Crippen molar-refractivity contribution >= 4 is 11.6 Å². The molecule has 0 N–H and O–H groups in total. The largest absolute Gasteiger partial charge is 0.368 e. The second-order valence-electron chi connectivity index (χ2n) is 4.16. The first-order chi connectivity index (χ1) is 8.15. The second kappa shape index (κ2) is 4.56. The monoisotopic (exact) mass is 230 g/mol. The van der Waals surface area contributed by atoms with Gasteiger partial charge in [0.2, 0.25) is 0 Å². The van der Waals surface area contributed by atoms with Crippen molar-refractivity contribution in [3.05, 3.63) is 29.3 Å². The number of nitriles is 1. The molecule has 1 aliphatic rings. The molecule has 1 aromatic carbocycles. The van der Waals surface area contributed by atoms with Crippen molar-refractivity contribution in [3.8, 4) is 6.07 Å². The quantitative estimate of drug-likeness (QED) is 0.735. The number of carbonyl (C=O) groups is 1. The van der Waals surface area contributed by atoms with Gasteiger partial charge in [-0.05, 0) is 25.0 Å². The number of para-hydroxylation sites is 1. The number of benzene rings is 1. The molecule has 1 heterocycles. The molecule has 1 fully saturated rings. The maximum Gasteiger partial charge on any atom is 0.254 e. The maximum absolute atomic E-state index is 11.9. The van der Waals surface area contributed by atoms with E-state index in [1.807, 2.05) is 32.0 Å². The number of aryl methyl sites for hydroxylation is 2. The van der Waals surface area contributed by atoms with Crippen LogP contribution in [-0.2, 0) is 9.53 Å². The number of anilines is 1. The topological polar surface area (TPSA) is 53.3 Å². The molecule has 0 radical (unpaired) electrons. The van der Waals surface area contributed by atoms with Gasteiger partial charge in [0.1, 0.15) is 12.6 Å². The molecular weight excluding hydrogens is 216 g/mol. The fourth-order valence-corrected chi connectivity index (χ4v) is 2.14. The predicted molar refractivity (Wildman–Crippen MR) is 63.6 cm³/mol. The molecule has 1 amide bonds. The lowest BCUT2D eigenvalue weighted by molar-refractivity contribution is -0.126. The van der Waals surface area contributed by atoms with Crippen LogP contribution in [0.25, 0.3) is 0 Å². The van der Waals surface area contributed by atoms with Crippen molar-refractivity contribution in [2.75, 3.05) is 18.1 Å². The Morgan fingerprint density at radius 2 is 2.06 bits per heavy atom. The third kappa shape index (κ3) is 2.02. The molecule has 2 rings (SSSR count). The lowest BCUT2D eigenvalue weighted by Gasteiger charge is -2.33. The molecule has 0 bridgehead atoms. The number of carbonyl (C=O) groups excluding carboxylic acids is 1. The standard InChI is InChI=1S/C13H14N2O2/c1-9-4-3-5-10(2)13(9)15-11(6-14)7-17-8-12(15)16/h3-5,11H,7-8H2,1-2H3. The molecular formula is C13H14N2O2. The van der Waals surface area contributed by atoms with Crippen LogP contribution in [0.3, 0.4) is 0 Å². The van der Waals surface area contributed by atoms with Crippen LogP contribution in [0.15, 0.2) is 18.2 Å². The van der Waals surface area contributed by atoms with E-state index in [-0.39, 0.29) is 19.1 Å². The highest BCUT2D eigenvalue weighted by Crippen LogP contribution is 2.28. The highest BCUT2D eigenvalue weighted by Gasteiger charge is 2.31. The zero-order valence-corrected chi connectivity index (χ0v) is 9.93. The lowest BCUT2D eigenvalue weighted by Crippen LogP contribution is -2.49. The molecule has 0 saturated carbocycles. The Kier molecular flexibility index (Phi) is 3.12. The average molecular weight is 230 g/mol. The van der Waals surface area contributed by atoms with E-state index >= 15 is 0 Å². The van der Waals surface area contributed by atoms with Gasteiger partial charge < -0.3 is 4.74 Å². The first-order valence-corrected chi connectivity index (χ1v) is 5.50. The molecule has 17 heavy (non-hydrogen) atoms. The van der Waals surface area contributed by atoms with Crippen molar-refractivity contribution in [3.63, 3.8) is 0 Å². The molecule has 1 saturated heterocycles. The van der Waals surface area contributed by atoms with Gasteiger partial charge in [-0.2, -0.15) is 5.26 Å². The molecule has 0 spiro atoms. The SMILES string of the molecule is Cc1cccc(C)c1N1C(=O)COCC1C#N. The molecule has 0 aliphatic carbocycles. The van der Waals surface area contributed by atoms with Gasteiger partial charge in [-0.3, -0.25) is 9.69 Å². The number of amides is 1. The summed E-state index contributed by atoms with van der Waals surface area (Å²) in [7, 11) is 0. The molecule has 1 aliphatic heterocycles. The van der Waals surface area contributed by atoms with Crippen LogP contribution in [0.2, 0.25) is 0 Å². The van der Waals surface area contributed by atoms with E-state index in [0.29, 0.717) is 0 Å². The maximum atomic E-state index is 11.9. The number of ether oxygens (including phenoxy) is 1. The molecule has 4 nitrogen and oxygen atoms in total. The Labute approximate surface area is 100 Å². The minimum absolute atomic E-state index is 0.0476. The fourth-order valence-electron chi connectivity index (χ4n) is 2.14. The second-order valence-corrected chi connectivity index (χ2v) is 4.16. The first kappa shape index (κ1) is 11.6. The average Bonchev–Trinajstić information content (AvgIpc) is 2.30. The van der Waals surface area contributed by atoms with Crippen molar-refractivity contribution in [2.24, 2.45) is 0 Å². The minimum Gasteiger partial charge on any atom is -0.368 e. The van der Waals surface area contributed by atoms with E-state index < -0.39 is 6.04 Å². The summed E-state index contributed by atoms with van der Waals surface area (Å²) in [5, 5.41) is 9.10. The predicted octanol–water partition coefficient (Wildman–Crippen LogP) is 1.56. The number of hydrogen-bond acceptors (Lipinski definition) is 3. The van der Waals surface area contributed by atoms with Gasteiger partial charge >= 0.3 is 0 Å². The summed E-state index contributed by atoms with van der Waals surface area (Å²) in [5.41, 5.74) is 2.84. The third-order valence-electron chi connectivity index (χ3n) is 2.91. The van der Waals surface area contributed by atoms with Crippen LogP contribution < -0.4 is 4.90 Å². The summed E-state index contributed by atoms with van der Waals surface area (Å²) in [6, 6.07) is 7.42. The normalized spacial score (nSPS) is 20.2. The van der Waals surface area contributed by atoms with Crippen LogP contribution in [0.5, 0.6) is 0 Å². The first-order valence-electron chi connectivity index (χ1n) is 5.50. The molecule has 0 aromatic heterocycles. The number of nitrogens with zero attached hydrogens (tertiary/aromatic N) is 2. The Morgan fingerprint density at radius 3 is 2.65 bits per heavy atom. The van der Waals surface area contributed by atoms with E-state index in [0.717, 1.165) is 16.8 Å². The van der Waals surface area contributed by atoms with Gasteiger partial charge in [0.15, 0.2) is 0 Å². The van der Waals surface area contributed by atoms with Gasteiger partial charge in [-0.25, -0.2) is 0 Å². The number of rotatable bonds is 1. The lowest BCUT2D eigenvalue weighted by atomic mass is 10.1. The Hall–Kier alpha value is -1.86. The van der Waals surface area contributed by atoms with Crippen LogP contribution >= 0.6 is 0 Å². The molecule has 1 aromatic rings. The Bertz CT molecular complexity index is 470. The van der Waals surface area contributed by atoms with E-state index in [1.165, 1.54) is 0 Å². The molecule has 1 atom stereocenters. The van der Waals surface area contributed by atoms with Gasteiger partial charge in [0, 0.05) is 0 Å². The summed E-state index contributed by atoms with van der Waals surface area (Å²) in [5.74, 6) is -0.153. The summed E-state index contributed by atoms with van der Waals surface area (Å²) in [4.78, 5) is 13.5. The van der Waals surface area contributed by atoms with E-state index in [4.69, 9.17) is 10.00 Å². The number of morpholine rings is 1. The highest BCUT2D eigenvalue weighted by molar-refractivity contribution is 5.97. The van der Waals surface area contributed by atoms with Crippen LogP contribution in [0.1, 0.15) is 11.1 Å². The van der Waals surface area contributed by atoms with Gasteiger partial charge in [-0.15, -0.1) is 0 Å². The van der Waals surface area contributed by atoms with Gasteiger partial charge in [0.05, 0.1) is 18.4 Å². The zero-order valence-electron chi connectivity index (χ0n) is 9.93. The minimum atomic E-state index is -0.531. The highest BCUT2D eigenvalue weighted by atomic mass is 16.5. The summed E-state index contributed by atoms with van der Waals surface area (Å²) in [6.07, 6.45) is 0. The smallest absolute Gasteiger partial charge is 0.254 e. The molecule has 1 unspecified atom stereocenters.